The zero-order valence-electron chi connectivity index (χ0n) is 17.3. The summed E-state index contributed by atoms with van der Waals surface area (Å²) in [5.74, 6) is 1.00. The third-order valence-corrected chi connectivity index (χ3v) is 5.84. The predicted molar refractivity (Wildman–Crippen MR) is 122 cm³/mol. The molecular weight excluding hydrogens is 386 g/mol. The molecule has 2 aromatic carbocycles. The molecule has 0 radical (unpaired) electrons. The zero-order valence-corrected chi connectivity index (χ0v) is 17.3. The van der Waals surface area contributed by atoms with Gasteiger partial charge in [-0.1, -0.05) is 36.4 Å². The molecule has 1 aliphatic rings. The number of anilines is 1. The van der Waals surface area contributed by atoms with Crippen LogP contribution in [0.4, 0.5) is 5.69 Å². The Morgan fingerprint density at radius 3 is 2.71 bits per heavy atom. The summed E-state index contributed by atoms with van der Waals surface area (Å²) >= 11 is 0. The third-order valence-electron chi connectivity index (χ3n) is 5.84. The number of para-hydroxylation sites is 3. The highest BCUT2D eigenvalue weighted by molar-refractivity contribution is 5.82. The lowest BCUT2D eigenvalue weighted by Gasteiger charge is -2.29. The minimum Gasteiger partial charge on any atom is -0.358 e. The Morgan fingerprint density at radius 1 is 1.06 bits per heavy atom. The summed E-state index contributed by atoms with van der Waals surface area (Å²) in [7, 11) is 0. The summed E-state index contributed by atoms with van der Waals surface area (Å²) < 4.78 is 0. The molecule has 0 aliphatic carbocycles. The zero-order chi connectivity index (χ0) is 21.0. The van der Waals surface area contributed by atoms with Gasteiger partial charge in [-0.25, -0.2) is 4.98 Å². The van der Waals surface area contributed by atoms with E-state index in [0.717, 1.165) is 47.5 Å². The van der Waals surface area contributed by atoms with Gasteiger partial charge in [-0.2, -0.15) is 0 Å². The van der Waals surface area contributed by atoms with E-state index in [-0.39, 0.29) is 11.9 Å². The second-order valence-electron chi connectivity index (χ2n) is 7.94. The topological polar surface area (TPSA) is 65.1 Å². The highest BCUT2D eigenvalue weighted by atomic mass is 16.2. The van der Waals surface area contributed by atoms with Crippen molar-refractivity contribution in [2.24, 2.45) is 0 Å². The lowest BCUT2D eigenvalue weighted by atomic mass is 10.2. The molecule has 1 aliphatic heterocycles. The molecule has 1 N–H and O–H groups in total. The van der Waals surface area contributed by atoms with E-state index in [9.17, 15) is 4.79 Å². The maximum atomic E-state index is 13.4. The Bertz CT molecular complexity index is 1130. The third kappa shape index (κ3) is 4.14. The fraction of sp³-hybridized carbons (Fsp3) is 0.240. The summed E-state index contributed by atoms with van der Waals surface area (Å²) in [6.07, 6.45) is 5.54. The standard InChI is InChI=1S/C25H25N5O/c31-24(18-29(20-9-2-1-3-10-20)17-19-8-6-14-26-16-19)30-15-7-13-23(30)25-27-21-11-4-5-12-22(21)28-25/h1-6,8-12,14,16,23H,7,13,15,17-18H2,(H,27,28). The molecule has 1 fully saturated rings. The van der Waals surface area contributed by atoms with E-state index in [1.54, 1.807) is 6.20 Å². The van der Waals surface area contributed by atoms with Crippen LogP contribution in [0.3, 0.4) is 0 Å². The number of aromatic nitrogens is 3. The first-order chi connectivity index (χ1) is 15.3. The molecule has 0 bridgehead atoms. The van der Waals surface area contributed by atoms with Crippen LogP contribution in [0.1, 0.15) is 30.3 Å². The van der Waals surface area contributed by atoms with Crippen molar-refractivity contribution in [3.63, 3.8) is 0 Å². The normalized spacial score (nSPS) is 16.0. The number of hydrogen-bond donors (Lipinski definition) is 1. The van der Waals surface area contributed by atoms with E-state index in [4.69, 9.17) is 4.98 Å². The summed E-state index contributed by atoms with van der Waals surface area (Å²) in [6.45, 7) is 1.71. The number of hydrogen-bond acceptors (Lipinski definition) is 4. The van der Waals surface area contributed by atoms with Gasteiger partial charge in [0.2, 0.25) is 5.91 Å². The van der Waals surface area contributed by atoms with Gasteiger partial charge in [0, 0.05) is 31.2 Å². The number of rotatable bonds is 6. The van der Waals surface area contributed by atoms with Crippen molar-refractivity contribution in [2.75, 3.05) is 18.0 Å². The first-order valence-corrected chi connectivity index (χ1v) is 10.7. The van der Waals surface area contributed by atoms with Crippen LogP contribution < -0.4 is 4.90 Å². The summed E-state index contributed by atoms with van der Waals surface area (Å²) in [5.41, 5.74) is 4.06. The molecule has 1 atom stereocenters. The lowest BCUT2D eigenvalue weighted by Crippen LogP contribution is -2.40. The number of benzene rings is 2. The van der Waals surface area contributed by atoms with Crippen molar-refractivity contribution in [3.8, 4) is 0 Å². The molecule has 1 amide bonds. The number of H-pyrrole nitrogens is 1. The second-order valence-corrected chi connectivity index (χ2v) is 7.94. The number of likely N-dealkylation sites (tertiary alicyclic amines) is 1. The van der Waals surface area contributed by atoms with Gasteiger partial charge in [-0.05, 0) is 48.7 Å². The van der Waals surface area contributed by atoms with Crippen molar-refractivity contribution < 1.29 is 4.79 Å². The molecule has 1 unspecified atom stereocenters. The van der Waals surface area contributed by atoms with E-state index in [2.05, 4.69) is 14.9 Å². The first kappa shape index (κ1) is 19.3. The molecular formula is C25H25N5O. The highest BCUT2D eigenvalue weighted by Crippen LogP contribution is 2.32. The fourth-order valence-corrected chi connectivity index (χ4v) is 4.32. The monoisotopic (exact) mass is 411 g/mol. The van der Waals surface area contributed by atoms with Crippen molar-refractivity contribution in [1.29, 1.82) is 0 Å². The number of aromatic amines is 1. The van der Waals surface area contributed by atoms with Crippen molar-refractivity contribution in [1.82, 2.24) is 19.9 Å². The van der Waals surface area contributed by atoms with Gasteiger partial charge in [0.05, 0.1) is 23.6 Å². The van der Waals surface area contributed by atoms with Gasteiger partial charge in [0.25, 0.3) is 0 Å². The number of pyridine rings is 1. The SMILES string of the molecule is O=C(CN(Cc1cccnc1)c1ccccc1)N1CCCC1c1nc2ccccc2[nH]1. The highest BCUT2D eigenvalue weighted by Gasteiger charge is 2.32. The van der Waals surface area contributed by atoms with Crippen LogP contribution in [-0.2, 0) is 11.3 Å². The van der Waals surface area contributed by atoms with E-state index >= 15 is 0 Å². The lowest BCUT2D eigenvalue weighted by molar-refractivity contribution is -0.130. The minimum absolute atomic E-state index is 0.00378. The Balaban J connectivity index is 1.37. The van der Waals surface area contributed by atoms with Crippen molar-refractivity contribution in [3.05, 3.63) is 90.5 Å². The Labute approximate surface area is 181 Å². The van der Waals surface area contributed by atoms with Crippen LogP contribution in [0.2, 0.25) is 0 Å². The number of amides is 1. The van der Waals surface area contributed by atoms with Crippen LogP contribution in [0, 0.1) is 0 Å². The molecule has 3 heterocycles. The number of nitrogens with one attached hydrogen (secondary N) is 1. The van der Waals surface area contributed by atoms with E-state index in [1.807, 2.05) is 77.8 Å². The molecule has 5 rings (SSSR count). The van der Waals surface area contributed by atoms with Gasteiger partial charge in [-0.15, -0.1) is 0 Å². The van der Waals surface area contributed by atoms with Crippen molar-refractivity contribution >= 4 is 22.6 Å². The van der Waals surface area contributed by atoms with Crippen LogP contribution in [0.15, 0.2) is 79.1 Å². The number of imidazole rings is 1. The van der Waals surface area contributed by atoms with Crippen LogP contribution in [0.25, 0.3) is 11.0 Å². The number of carbonyl (C=O) groups is 1. The molecule has 6 heteroatoms. The van der Waals surface area contributed by atoms with Gasteiger partial charge in [0.1, 0.15) is 5.82 Å². The molecule has 2 aromatic heterocycles. The maximum absolute atomic E-state index is 13.4. The summed E-state index contributed by atoms with van der Waals surface area (Å²) in [5, 5.41) is 0. The van der Waals surface area contributed by atoms with Gasteiger partial charge in [0.15, 0.2) is 0 Å². The Morgan fingerprint density at radius 2 is 1.90 bits per heavy atom. The smallest absolute Gasteiger partial charge is 0.242 e. The number of fused-ring (bicyclic) bond motifs is 1. The minimum atomic E-state index is -0.00378. The Hall–Kier alpha value is -3.67. The number of carbonyl (C=O) groups excluding carboxylic acids is 1. The van der Waals surface area contributed by atoms with Gasteiger partial charge < -0.3 is 14.8 Å². The molecule has 1 saturated heterocycles. The largest absolute Gasteiger partial charge is 0.358 e. The first-order valence-electron chi connectivity index (χ1n) is 10.7. The van der Waals surface area contributed by atoms with Crippen LogP contribution in [-0.4, -0.2) is 38.8 Å². The van der Waals surface area contributed by atoms with Crippen molar-refractivity contribution in [2.45, 2.75) is 25.4 Å². The summed E-state index contributed by atoms with van der Waals surface area (Å²) in [6, 6.07) is 22.1. The Kier molecular flexibility index (Phi) is 5.35. The van der Waals surface area contributed by atoms with Crippen LogP contribution >= 0.6 is 0 Å². The predicted octanol–water partition coefficient (Wildman–Crippen LogP) is 4.33. The molecule has 156 valence electrons. The van der Waals surface area contributed by atoms with E-state index < -0.39 is 0 Å². The average Bonchev–Trinajstić information content (AvgIpc) is 3.47. The van der Waals surface area contributed by atoms with Crippen LogP contribution in [0.5, 0.6) is 0 Å². The van der Waals surface area contributed by atoms with E-state index in [1.165, 1.54) is 0 Å². The van der Waals surface area contributed by atoms with E-state index in [0.29, 0.717) is 13.1 Å². The number of nitrogens with zero attached hydrogens (tertiary/aromatic N) is 4. The van der Waals surface area contributed by atoms with Gasteiger partial charge >= 0.3 is 0 Å². The molecule has 0 saturated carbocycles. The van der Waals surface area contributed by atoms with Gasteiger partial charge in [-0.3, -0.25) is 9.78 Å². The molecule has 31 heavy (non-hydrogen) atoms. The molecule has 6 nitrogen and oxygen atoms in total. The average molecular weight is 412 g/mol. The molecule has 0 spiro atoms. The fourth-order valence-electron chi connectivity index (χ4n) is 4.32. The molecule has 4 aromatic rings. The quantitative estimate of drug-likeness (QED) is 0.513. The second kappa shape index (κ2) is 8.60. The maximum Gasteiger partial charge on any atom is 0.242 e. The summed E-state index contributed by atoms with van der Waals surface area (Å²) in [4.78, 5) is 30.0.